The molecule has 1 aliphatic carbocycles. The van der Waals surface area contributed by atoms with Crippen LogP contribution in [0.15, 0.2) is 36.4 Å². The molecule has 5 nitrogen and oxygen atoms in total. The first-order chi connectivity index (χ1) is 14.8. The van der Waals surface area contributed by atoms with Crippen LogP contribution < -0.4 is 10.6 Å². The predicted molar refractivity (Wildman–Crippen MR) is 114 cm³/mol. The Morgan fingerprint density at radius 3 is 2.65 bits per heavy atom. The Labute approximate surface area is 178 Å². The molecule has 1 fully saturated rings. The van der Waals surface area contributed by atoms with Gasteiger partial charge in [-0.1, -0.05) is 37.5 Å². The first-order valence-corrected chi connectivity index (χ1v) is 10.5. The lowest BCUT2D eigenvalue weighted by Gasteiger charge is -2.23. The van der Waals surface area contributed by atoms with E-state index in [1.807, 2.05) is 0 Å². The van der Waals surface area contributed by atoms with Gasteiger partial charge in [-0.2, -0.15) is 13.2 Å². The van der Waals surface area contributed by atoms with Crippen molar-refractivity contribution in [1.82, 2.24) is 15.3 Å². The molecule has 0 spiro atoms. The molecule has 0 aliphatic heterocycles. The first kappa shape index (κ1) is 21.2. The van der Waals surface area contributed by atoms with Crippen LogP contribution >= 0.6 is 0 Å². The van der Waals surface area contributed by atoms with E-state index < -0.39 is 11.7 Å². The second-order valence-electron chi connectivity index (χ2n) is 8.06. The van der Waals surface area contributed by atoms with Gasteiger partial charge in [-0.15, -0.1) is 0 Å². The summed E-state index contributed by atoms with van der Waals surface area (Å²) in [6.07, 6.45) is 0.882. The van der Waals surface area contributed by atoms with Crippen LogP contribution in [0.2, 0.25) is 0 Å². The molecule has 2 aromatic carbocycles. The number of anilines is 1. The van der Waals surface area contributed by atoms with Crippen LogP contribution in [0.5, 0.6) is 0 Å². The average molecular weight is 430 g/mol. The third-order valence-electron chi connectivity index (χ3n) is 5.70. The van der Waals surface area contributed by atoms with Crippen molar-refractivity contribution in [2.45, 2.75) is 57.8 Å². The summed E-state index contributed by atoms with van der Waals surface area (Å²) in [7, 11) is 0. The second-order valence-corrected chi connectivity index (χ2v) is 8.06. The number of hydrogen-bond acceptors (Lipinski definition) is 3. The highest BCUT2D eigenvalue weighted by Crippen LogP contribution is 2.32. The lowest BCUT2D eigenvalue weighted by atomic mass is 9.95. The van der Waals surface area contributed by atoms with Crippen molar-refractivity contribution in [1.29, 1.82) is 0 Å². The molecule has 1 aliphatic rings. The van der Waals surface area contributed by atoms with E-state index in [0.717, 1.165) is 31.7 Å². The highest BCUT2D eigenvalue weighted by molar-refractivity contribution is 6.06. The Morgan fingerprint density at radius 1 is 1.16 bits per heavy atom. The van der Waals surface area contributed by atoms with Crippen molar-refractivity contribution < 1.29 is 18.0 Å². The van der Waals surface area contributed by atoms with Gasteiger partial charge >= 0.3 is 6.18 Å². The van der Waals surface area contributed by atoms with Crippen LogP contribution in [0.3, 0.4) is 0 Å². The summed E-state index contributed by atoms with van der Waals surface area (Å²) in [4.78, 5) is 20.6. The normalized spacial score (nSPS) is 15.2. The van der Waals surface area contributed by atoms with Gasteiger partial charge in [-0.3, -0.25) is 4.79 Å². The number of aromatic amines is 1. The van der Waals surface area contributed by atoms with E-state index >= 15 is 0 Å². The first-order valence-electron chi connectivity index (χ1n) is 10.5. The van der Waals surface area contributed by atoms with E-state index in [4.69, 9.17) is 0 Å². The fourth-order valence-electron chi connectivity index (χ4n) is 4.17. The molecule has 4 rings (SSSR count). The summed E-state index contributed by atoms with van der Waals surface area (Å²) in [5.74, 6) is 0.462. The molecule has 8 heteroatoms. The monoisotopic (exact) mass is 430 g/mol. The Bertz CT molecular complexity index is 1080. The van der Waals surface area contributed by atoms with Gasteiger partial charge in [0, 0.05) is 18.3 Å². The van der Waals surface area contributed by atoms with Gasteiger partial charge in [0.05, 0.1) is 16.6 Å². The number of imidazole rings is 1. The van der Waals surface area contributed by atoms with Gasteiger partial charge in [0.2, 0.25) is 0 Å². The van der Waals surface area contributed by atoms with Crippen LogP contribution in [-0.4, -0.2) is 21.9 Å². The van der Waals surface area contributed by atoms with Crippen LogP contribution in [0.25, 0.3) is 11.0 Å². The Hall–Kier alpha value is -3.03. The van der Waals surface area contributed by atoms with Crippen LogP contribution in [0, 0.1) is 6.92 Å². The number of rotatable bonds is 5. The fourth-order valence-corrected chi connectivity index (χ4v) is 4.17. The zero-order valence-electron chi connectivity index (χ0n) is 17.3. The predicted octanol–water partition coefficient (Wildman–Crippen LogP) is 5.56. The number of carbonyl (C=O) groups is 1. The number of nitrogens with one attached hydrogen (secondary N) is 3. The number of hydrogen-bond donors (Lipinski definition) is 3. The molecule has 0 radical (unpaired) electrons. The van der Waals surface area contributed by atoms with Crippen LogP contribution in [-0.2, 0) is 12.7 Å². The van der Waals surface area contributed by atoms with E-state index in [0.29, 0.717) is 28.1 Å². The highest BCUT2D eigenvalue weighted by Gasteiger charge is 2.32. The van der Waals surface area contributed by atoms with Crippen molar-refractivity contribution in [2.75, 3.05) is 5.32 Å². The van der Waals surface area contributed by atoms with Gasteiger partial charge in [-0.25, -0.2) is 4.98 Å². The topological polar surface area (TPSA) is 69.8 Å². The van der Waals surface area contributed by atoms with Crippen molar-refractivity contribution in [3.63, 3.8) is 0 Å². The van der Waals surface area contributed by atoms with Gasteiger partial charge in [-0.05, 0) is 43.5 Å². The smallest absolute Gasteiger partial charge is 0.381 e. The number of nitrogens with zero attached hydrogens (tertiary/aromatic N) is 1. The molecule has 3 aromatic rings. The van der Waals surface area contributed by atoms with Crippen molar-refractivity contribution in [2.24, 2.45) is 0 Å². The van der Waals surface area contributed by atoms with Crippen molar-refractivity contribution in [3.8, 4) is 0 Å². The number of halogens is 3. The van der Waals surface area contributed by atoms with Gasteiger partial charge < -0.3 is 15.6 Å². The number of benzene rings is 2. The number of aromatic nitrogens is 2. The molecule has 0 bridgehead atoms. The quantitative estimate of drug-likeness (QED) is 0.496. The number of carbonyl (C=O) groups excluding carboxylic acids is 1. The molecule has 1 heterocycles. The molecule has 1 saturated carbocycles. The third-order valence-corrected chi connectivity index (χ3v) is 5.70. The van der Waals surface area contributed by atoms with E-state index in [9.17, 15) is 18.0 Å². The van der Waals surface area contributed by atoms with E-state index in [1.165, 1.54) is 18.6 Å². The maximum absolute atomic E-state index is 13.3. The average Bonchev–Trinajstić information content (AvgIpc) is 3.12. The third kappa shape index (κ3) is 4.84. The number of alkyl halides is 3. The van der Waals surface area contributed by atoms with Crippen LogP contribution in [0.1, 0.15) is 59.4 Å². The summed E-state index contributed by atoms with van der Waals surface area (Å²) in [6, 6.07) is 9.05. The molecule has 0 atom stereocenters. The molecule has 1 aromatic heterocycles. The molecule has 0 unspecified atom stereocenters. The molecule has 0 saturated heterocycles. The van der Waals surface area contributed by atoms with E-state index in [1.54, 1.807) is 25.1 Å². The summed E-state index contributed by atoms with van der Waals surface area (Å²) in [5.41, 5.74) is 1.67. The summed E-state index contributed by atoms with van der Waals surface area (Å²) in [6.45, 7) is 1.79. The molecule has 3 N–H and O–H groups in total. The number of aryl methyl sites for hydroxylation is 1. The summed E-state index contributed by atoms with van der Waals surface area (Å²) < 4.78 is 39.9. The molecule has 164 valence electrons. The number of H-pyrrole nitrogens is 1. The summed E-state index contributed by atoms with van der Waals surface area (Å²) >= 11 is 0. The van der Waals surface area contributed by atoms with Gasteiger partial charge in [0.25, 0.3) is 5.91 Å². The molecule has 1 amide bonds. The number of fused-ring (bicyclic) bond motifs is 1. The molecular formula is C23H25F3N4O. The van der Waals surface area contributed by atoms with Gasteiger partial charge in [0.1, 0.15) is 11.3 Å². The van der Waals surface area contributed by atoms with Gasteiger partial charge in [0.15, 0.2) is 0 Å². The fraction of sp³-hybridized carbons (Fsp3) is 0.391. The molecule has 31 heavy (non-hydrogen) atoms. The summed E-state index contributed by atoms with van der Waals surface area (Å²) in [5, 5.41) is 6.14. The minimum absolute atomic E-state index is 0.0159. The lowest BCUT2D eigenvalue weighted by molar-refractivity contribution is -0.138. The Morgan fingerprint density at radius 2 is 1.90 bits per heavy atom. The number of amides is 1. The molecular weight excluding hydrogens is 405 g/mol. The SMILES string of the molecule is Cc1nc2c(C(=O)NC3CCCCC3)cc(NCc3ccccc3C(F)(F)F)cc2[nH]1. The lowest BCUT2D eigenvalue weighted by Crippen LogP contribution is -2.36. The standard InChI is InChI=1S/C23H25F3N4O/c1-14-28-20-12-17(27-13-15-7-5-6-10-19(15)23(24,25)26)11-18(21(20)29-14)22(31)30-16-8-3-2-4-9-16/h5-7,10-12,16,27H,2-4,8-9,13H2,1H3,(H,28,29)(H,30,31). The minimum Gasteiger partial charge on any atom is -0.381 e. The Balaban J connectivity index is 1.60. The van der Waals surface area contributed by atoms with Crippen molar-refractivity contribution in [3.05, 3.63) is 58.9 Å². The zero-order valence-corrected chi connectivity index (χ0v) is 17.3. The van der Waals surface area contributed by atoms with Crippen LogP contribution in [0.4, 0.5) is 18.9 Å². The van der Waals surface area contributed by atoms with E-state index in [-0.39, 0.29) is 24.1 Å². The van der Waals surface area contributed by atoms with E-state index in [2.05, 4.69) is 20.6 Å². The highest BCUT2D eigenvalue weighted by atomic mass is 19.4. The van der Waals surface area contributed by atoms with Crippen molar-refractivity contribution >= 4 is 22.6 Å². The maximum atomic E-state index is 13.3. The minimum atomic E-state index is -4.42. The second kappa shape index (κ2) is 8.61. The zero-order chi connectivity index (χ0) is 22.0. The Kier molecular flexibility index (Phi) is 5.89. The largest absolute Gasteiger partial charge is 0.416 e. The maximum Gasteiger partial charge on any atom is 0.416 e.